The largest absolute Gasteiger partial charge is 0.327 e. The van der Waals surface area contributed by atoms with E-state index in [4.69, 9.17) is 0 Å². The summed E-state index contributed by atoms with van der Waals surface area (Å²) >= 11 is 0. The number of nitrogens with zero attached hydrogens (tertiary/aromatic N) is 5. The lowest BCUT2D eigenvalue weighted by Crippen LogP contribution is -2.41. The van der Waals surface area contributed by atoms with Crippen LogP contribution in [0, 0.1) is 5.82 Å². The van der Waals surface area contributed by atoms with E-state index in [0.717, 1.165) is 24.5 Å². The minimum Gasteiger partial charge on any atom is -0.327 e. The molecule has 0 spiro atoms. The molecule has 0 radical (unpaired) electrons. The Morgan fingerprint density at radius 1 is 1.30 bits per heavy atom. The van der Waals surface area contributed by atoms with E-state index in [1.54, 1.807) is 17.0 Å². The Balaban J connectivity index is 1.46. The van der Waals surface area contributed by atoms with E-state index >= 15 is 0 Å². The first-order chi connectivity index (χ1) is 13.1. The molecule has 1 fully saturated rings. The second-order valence-electron chi connectivity index (χ2n) is 7.17. The molecule has 3 heterocycles. The maximum absolute atomic E-state index is 13.6. The third kappa shape index (κ3) is 2.72. The predicted molar refractivity (Wildman–Crippen MR) is 95.4 cm³/mol. The molecule has 1 saturated carbocycles. The van der Waals surface area contributed by atoms with Crippen molar-refractivity contribution in [1.29, 1.82) is 0 Å². The van der Waals surface area contributed by atoms with Gasteiger partial charge in [0.05, 0.1) is 30.0 Å². The maximum atomic E-state index is 13.6. The standard InChI is InChI=1S/C19H19FN6O/c1-11-18-22-17(12-5-6-12)24-26(18)8-7-25(11)19(27)15-10-21-23-16(15)13-3-2-4-14(20)9-13/h2-4,9-12H,5-8H2,1H3,(H,21,23)/t11-/m1/s1. The Morgan fingerprint density at radius 2 is 2.15 bits per heavy atom. The van der Waals surface area contributed by atoms with Crippen LogP contribution in [0.1, 0.15) is 53.7 Å². The molecule has 27 heavy (non-hydrogen) atoms. The monoisotopic (exact) mass is 366 g/mol. The highest BCUT2D eigenvalue weighted by molar-refractivity contribution is 6.00. The Hall–Kier alpha value is -3.03. The summed E-state index contributed by atoms with van der Waals surface area (Å²) in [6, 6.07) is 5.96. The van der Waals surface area contributed by atoms with Crippen molar-refractivity contribution in [2.75, 3.05) is 6.54 Å². The molecule has 7 nitrogen and oxygen atoms in total. The number of carbonyl (C=O) groups is 1. The summed E-state index contributed by atoms with van der Waals surface area (Å²) in [5.41, 5.74) is 1.56. The van der Waals surface area contributed by atoms with E-state index in [-0.39, 0.29) is 17.8 Å². The minimum absolute atomic E-state index is 0.141. The van der Waals surface area contributed by atoms with Gasteiger partial charge in [0.15, 0.2) is 5.82 Å². The number of benzene rings is 1. The van der Waals surface area contributed by atoms with Crippen LogP contribution in [0.15, 0.2) is 30.5 Å². The lowest BCUT2D eigenvalue weighted by atomic mass is 10.1. The first kappa shape index (κ1) is 16.2. The topological polar surface area (TPSA) is 79.7 Å². The molecular formula is C19H19FN6O. The number of nitrogens with one attached hydrogen (secondary N) is 1. The number of H-pyrrole nitrogens is 1. The van der Waals surface area contributed by atoms with Crippen LogP contribution in [0.2, 0.25) is 0 Å². The average Bonchev–Trinajstić information content (AvgIpc) is 3.23. The van der Waals surface area contributed by atoms with Crippen molar-refractivity contribution in [2.45, 2.75) is 38.3 Å². The summed E-state index contributed by atoms with van der Waals surface area (Å²) in [6.45, 7) is 3.14. The van der Waals surface area contributed by atoms with Gasteiger partial charge in [-0.1, -0.05) is 12.1 Å². The molecule has 1 N–H and O–H groups in total. The van der Waals surface area contributed by atoms with Crippen molar-refractivity contribution in [3.8, 4) is 11.3 Å². The summed E-state index contributed by atoms with van der Waals surface area (Å²) in [5.74, 6) is 1.71. The molecular weight excluding hydrogens is 347 g/mol. The minimum atomic E-state index is -0.354. The maximum Gasteiger partial charge on any atom is 0.258 e. The Bertz CT molecular complexity index is 1020. The normalized spacial score (nSPS) is 19.2. The molecule has 1 atom stereocenters. The number of amides is 1. The first-order valence-electron chi connectivity index (χ1n) is 9.16. The zero-order chi connectivity index (χ0) is 18.5. The predicted octanol–water partition coefficient (Wildman–Crippen LogP) is 2.90. The molecule has 2 aliphatic rings. The number of hydrogen-bond donors (Lipinski definition) is 1. The third-order valence-corrected chi connectivity index (χ3v) is 5.30. The Morgan fingerprint density at radius 3 is 2.93 bits per heavy atom. The van der Waals surface area contributed by atoms with Crippen LogP contribution < -0.4 is 0 Å². The van der Waals surface area contributed by atoms with Gasteiger partial charge in [-0.05, 0) is 31.9 Å². The van der Waals surface area contributed by atoms with E-state index in [0.29, 0.717) is 35.8 Å². The number of aromatic amines is 1. The molecule has 5 rings (SSSR count). The highest BCUT2D eigenvalue weighted by Crippen LogP contribution is 2.39. The SMILES string of the molecule is C[C@@H]1c2nc(C3CC3)nn2CCN1C(=O)c1cn[nH]c1-c1cccc(F)c1. The molecule has 0 saturated heterocycles. The molecule has 138 valence electrons. The Kier molecular flexibility index (Phi) is 3.60. The van der Waals surface area contributed by atoms with E-state index in [9.17, 15) is 9.18 Å². The molecule has 3 aromatic rings. The van der Waals surface area contributed by atoms with Gasteiger partial charge in [0, 0.05) is 18.0 Å². The van der Waals surface area contributed by atoms with Gasteiger partial charge in [0.1, 0.15) is 11.6 Å². The highest BCUT2D eigenvalue weighted by Gasteiger charge is 2.35. The van der Waals surface area contributed by atoms with Gasteiger partial charge in [-0.2, -0.15) is 10.2 Å². The lowest BCUT2D eigenvalue weighted by molar-refractivity contribution is 0.0631. The molecule has 1 aliphatic carbocycles. The fraction of sp³-hybridized carbons (Fsp3) is 0.368. The van der Waals surface area contributed by atoms with Crippen molar-refractivity contribution in [1.82, 2.24) is 29.9 Å². The van der Waals surface area contributed by atoms with Crippen LogP contribution in [0.4, 0.5) is 4.39 Å². The molecule has 1 aromatic carbocycles. The second-order valence-corrected chi connectivity index (χ2v) is 7.17. The lowest BCUT2D eigenvalue weighted by Gasteiger charge is -2.32. The van der Waals surface area contributed by atoms with Gasteiger partial charge < -0.3 is 4.90 Å². The highest BCUT2D eigenvalue weighted by atomic mass is 19.1. The van der Waals surface area contributed by atoms with Gasteiger partial charge in [-0.15, -0.1) is 0 Å². The third-order valence-electron chi connectivity index (χ3n) is 5.30. The van der Waals surface area contributed by atoms with Crippen molar-refractivity contribution in [3.05, 3.63) is 53.5 Å². The van der Waals surface area contributed by atoms with Crippen molar-refractivity contribution < 1.29 is 9.18 Å². The van der Waals surface area contributed by atoms with E-state index < -0.39 is 0 Å². The van der Waals surface area contributed by atoms with Crippen LogP contribution in [0.5, 0.6) is 0 Å². The Labute approximate surface area is 155 Å². The first-order valence-corrected chi connectivity index (χ1v) is 9.16. The number of hydrogen-bond acceptors (Lipinski definition) is 4. The molecule has 8 heteroatoms. The summed E-state index contributed by atoms with van der Waals surface area (Å²) in [5, 5.41) is 11.5. The van der Waals surface area contributed by atoms with Gasteiger partial charge >= 0.3 is 0 Å². The van der Waals surface area contributed by atoms with Crippen molar-refractivity contribution in [3.63, 3.8) is 0 Å². The zero-order valence-electron chi connectivity index (χ0n) is 14.9. The van der Waals surface area contributed by atoms with Gasteiger partial charge in [-0.25, -0.2) is 14.1 Å². The van der Waals surface area contributed by atoms with Crippen LogP contribution >= 0.6 is 0 Å². The number of fused-ring (bicyclic) bond motifs is 1. The smallest absolute Gasteiger partial charge is 0.258 e. The second kappa shape index (κ2) is 6.00. The quantitative estimate of drug-likeness (QED) is 0.773. The van der Waals surface area contributed by atoms with Crippen LogP contribution in [-0.2, 0) is 6.54 Å². The van der Waals surface area contributed by atoms with Gasteiger partial charge in [0.25, 0.3) is 5.91 Å². The van der Waals surface area contributed by atoms with Crippen LogP contribution in [0.25, 0.3) is 11.3 Å². The van der Waals surface area contributed by atoms with Gasteiger partial charge in [-0.3, -0.25) is 9.89 Å². The van der Waals surface area contributed by atoms with Gasteiger partial charge in [0.2, 0.25) is 0 Å². The van der Waals surface area contributed by atoms with Crippen LogP contribution in [-0.4, -0.2) is 42.3 Å². The molecule has 0 bridgehead atoms. The average molecular weight is 366 g/mol. The van der Waals surface area contributed by atoms with Crippen molar-refractivity contribution >= 4 is 5.91 Å². The number of halogens is 1. The van der Waals surface area contributed by atoms with Crippen LogP contribution in [0.3, 0.4) is 0 Å². The summed E-state index contributed by atoms with van der Waals surface area (Å²) in [7, 11) is 0. The summed E-state index contributed by atoms with van der Waals surface area (Å²) in [6.07, 6.45) is 3.79. The number of rotatable bonds is 3. The number of aromatic nitrogens is 5. The number of carbonyl (C=O) groups excluding carboxylic acids is 1. The molecule has 1 aliphatic heterocycles. The van der Waals surface area contributed by atoms with E-state index in [1.807, 2.05) is 11.6 Å². The zero-order valence-corrected chi connectivity index (χ0v) is 14.9. The molecule has 1 amide bonds. The summed E-state index contributed by atoms with van der Waals surface area (Å²) < 4.78 is 15.5. The fourth-order valence-corrected chi connectivity index (χ4v) is 3.64. The fourth-order valence-electron chi connectivity index (χ4n) is 3.64. The van der Waals surface area contributed by atoms with E-state index in [1.165, 1.54) is 18.3 Å². The molecule has 2 aromatic heterocycles. The molecule has 0 unspecified atom stereocenters. The van der Waals surface area contributed by atoms with E-state index in [2.05, 4.69) is 20.3 Å². The summed E-state index contributed by atoms with van der Waals surface area (Å²) in [4.78, 5) is 19.7. The van der Waals surface area contributed by atoms with Crippen molar-refractivity contribution in [2.24, 2.45) is 0 Å².